The van der Waals surface area contributed by atoms with Crippen LogP contribution in [-0.4, -0.2) is 69.1 Å². The van der Waals surface area contributed by atoms with Crippen molar-refractivity contribution in [2.24, 2.45) is 5.10 Å². The average molecular weight is 684 g/mol. The second kappa shape index (κ2) is 16.0. The van der Waals surface area contributed by atoms with Crippen molar-refractivity contribution in [3.63, 3.8) is 0 Å². The van der Waals surface area contributed by atoms with Crippen LogP contribution in [0.2, 0.25) is 5.02 Å². The number of amides is 2. The number of aliphatic hydroxyl groups excluding tert-OH is 1. The number of hydrogen-bond acceptors (Lipinski definition) is 11. The summed E-state index contributed by atoms with van der Waals surface area (Å²) in [6, 6.07) is 6.83. The van der Waals surface area contributed by atoms with Gasteiger partial charge in [-0.05, 0) is 66.5 Å². The SMILES string of the molecule is CCOC(=O)COc1c(Br)cc(Cl)cc1/C=N/N[C@H](O)COc1ccc([C@H]2NC(=O)NC(C)=C2C(=O)OC)cc1OCC. The molecule has 0 aliphatic carbocycles. The largest absolute Gasteiger partial charge is 0.490 e. The molecule has 0 spiro atoms. The zero-order valence-corrected chi connectivity index (χ0v) is 26.2. The number of ether oxygens (including phenoxy) is 5. The van der Waals surface area contributed by atoms with Gasteiger partial charge < -0.3 is 39.4 Å². The molecule has 1 heterocycles. The number of nitrogens with zero attached hydrogens (tertiary/aromatic N) is 1. The van der Waals surface area contributed by atoms with Crippen LogP contribution < -0.4 is 30.3 Å². The van der Waals surface area contributed by atoms with E-state index in [2.05, 4.69) is 37.1 Å². The van der Waals surface area contributed by atoms with Gasteiger partial charge in [-0.2, -0.15) is 5.10 Å². The maximum Gasteiger partial charge on any atom is 0.344 e. The number of carbonyl (C=O) groups excluding carboxylic acids is 3. The van der Waals surface area contributed by atoms with Gasteiger partial charge in [0.1, 0.15) is 12.4 Å². The molecule has 2 aromatic rings. The molecule has 0 unspecified atom stereocenters. The maximum absolute atomic E-state index is 12.4. The molecule has 15 heteroatoms. The molecule has 2 amide bonds. The summed E-state index contributed by atoms with van der Waals surface area (Å²) < 4.78 is 27.3. The van der Waals surface area contributed by atoms with Crippen molar-refractivity contribution in [3.8, 4) is 17.2 Å². The number of allylic oxidation sites excluding steroid dienone is 1. The van der Waals surface area contributed by atoms with Crippen molar-refractivity contribution < 1.29 is 43.2 Å². The Labute approximate surface area is 261 Å². The summed E-state index contributed by atoms with van der Waals surface area (Å²) in [6.07, 6.45) is 0.125. The third-order valence-corrected chi connectivity index (χ3v) is 6.58. The van der Waals surface area contributed by atoms with Gasteiger partial charge in [0.05, 0.1) is 42.6 Å². The van der Waals surface area contributed by atoms with Crippen LogP contribution in [0.1, 0.15) is 37.9 Å². The molecule has 2 aromatic carbocycles. The first-order valence-corrected chi connectivity index (χ1v) is 14.2. The Morgan fingerprint density at radius 1 is 1.16 bits per heavy atom. The maximum atomic E-state index is 12.4. The minimum atomic E-state index is -1.24. The smallest absolute Gasteiger partial charge is 0.344 e. The molecule has 1 aliphatic rings. The molecule has 0 radical (unpaired) electrons. The fourth-order valence-corrected chi connectivity index (χ4v) is 4.93. The second-order valence-corrected chi connectivity index (χ2v) is 10.1. The van der Waals surface area contributed by atoms with Gasteiger partial charge in [-0.1, -0.05) is 17.7 Å². The van der Waals surface area contributed by atoms with Gasteiger partial charge in [-0.15, -0.1) is 0 Å². The van der Waals surface area contributed by atoms with Gasteiger partial charge in [0.2, 0.25) is 0 Å². The Morgan fingerprint density at radius 2 is 1.93 bits per heavy atom. The van der Waals surface area contributed by atoms with Crippen molar-refractivity contribution in [2.45, 2.75) is 33.0 Å². The number of benzene rings is 2. The topological polar surface area (TPSA) is 166 Å². The summed E-state index contributed by atoms with van der Waals surface area (Å²) in [7, 11) is 1.26. The first kappa shape index (κ1) is 33.5. The third kappa shape index (κ3) is 9.24. The molecule has 0 fully saturated rings. The van der Waals surface area contributed by atoms with Gasteiger partial charge >= 0.3 is 18.0 Å². The molecule has 0 bridgehead atoms. The van der Waals surface area contributed by atoms with Crippen molar-refractivity contribution in [1.29, 1.82) is 0 Å². The Balaban J connectivity index is 1.70. The predicted molar refractivity (Wildman–Crippen MR) is 160 cm³/mol. The number of hydrazone groups is 1. The minimum absolute atomic E-state index is 0.223. The number of halogens is 2. The lowest BCUT2D eigenvalue weighted by atomic mass is 9.95. The van der Waals surface area contributed by atoms with Crippen LogP contribution in [-0.2, 0) is 19.1 Å². The first-order chi connectivity index (χ1) is 20.6. The molecule has 0 saturated heterocycles. The number of nitrogens with one attached hydrogen (secondary N) is 3. The standard InChI is InChI=1S/C28H32BrClN4O9/c1-5-40-21-10-16(25-24(27(37)39-4)15(3)32-28(38)33-25)7-8-20(21)42-13-22(35)34-31-12-17-9-18(30)11-19(29)26(17)43-14-23(36)41-6-2/h7-12,22,25,34-35H,5-6,13-14H2,1-4H3,(H2,32,33,38)/b31-12+/t22-,25-/m1/s1. The van der Waals surface area contributed by atoms with Crippen LogP contribution in [0.4, 0.5) is 4.79 Å². The van der Waals surface area contributed by atoms with Crippen LogP contribution in [0.5, 0.6) is 17.2 Å². The van der Waals surface area contributed by atoms with Crippen molar-refractivity contribution in [1.82, 2.24) is 16.1 Å². The van der Waals surface area contributed by atoms with Crippen LogP contribution in [0.25, 0.3) is 0 Å². The van der Waals surface area contributed by atoms with E-state index in [-0.39, 0.29) is 25.4 Å². The Kier molecular flexibility index (Phi) is 12.5. The van der Waals surface area contributed by atoms with E-state index in [0.29, 0.717) is 50.2 Å². The number of methoxy groups -OCH3 is 1. The average Bonchev–Trinajstić information content (AvgIpc) is 2.95. The van der Waals surface area contributed by atoms with Gasteiger partial charge in [0, 0.05) is 16.3 Å². The van der Waals surface area contributed by atoms with Gasteiger partial charge in [-0.25, -0.2) is 14.4 Å². The Morgan fingerprint density at radius 3 is 2.63 bits per heavy atom. The first-order valence-electron chi connectivity index (χ1n) is 13.1. The number of urea groups is 1. The van der Waals surface area contributed by atoms with Crippen molar-refractivity contribution >= 4 is 51.7 Å². The molecule has 13 nitrogen and oxygen atoms in total. The highest BCUT2D eigenvalue weighted by molar-refractivity contribution is 9.10. The lowest BCUT2D eigenvalue weighted by Crippen LogP contribution is -2.45. The molecular formula is C28H32BrClN4O9. The van der Waals surface area contributed by atoms with Gasteiger partial charge in [-0.3, -0.25) is 5.43 Å². The van der Waals surface area contributed by atoms with Crippen LogP contribution in [0, 0.1) is 0 Å². The number of esters is 2. The van der Waals surface area contributed by atoms with E-state index in [4.69, 9.17) is 35.3 Å². The normalized spacial score (nSPS) is 15.3. The van der Waals surface area contributed by atoms with Crippen molar-refractivity contribution in [3.05, 3.63) is 62.2 Å². The van der Waals surface area contributed by atoms with Gasteiger partial charge in [0.15, 0.2) is 24.3 Å². The molecule has 3 rings (SSSR count). The summed E-state index contributed by atoms with van der Waals surface area (Å²) in [5.74, 6) is -0.179. The van der Waals surface area contributed by atoms with E-state index in [1.807, 2.05) is 0 Å². The summed E-state index contributed by atoms with van der Waals surface area (Å²) in [6.45, 7) is 5.08. The highest BCUT2D eigenvalue weighted by atomic mass is 79.9. The van der Waals surface area contributed by atoms with Crippen LogP contribution in [0.3, 0.4) is 0 Å². The van der Waals surface area contributed by atoms with E-state index < -0.39 is 30.2 Å². The summed E-state index contributed by atoms with van der Waals surface area (Å²) in [4.78, 5) is 36.3. The number of carbonyl (C=O) groups is 3. The van der Waals surface area contributed by atoms with E-state index in [1.165, 1.54) is 13.3 Å². The minimum Gasteiger partial charge on any atom is -0.490 e. The zero-order valence-electron chi connectivity index (χ0n) is 23.9. The number of hydrogen-bond donors (Lipinski definition) is 4. The second-order valence-electron chi connectivity index (χ2n) is 8.81. The van der Waals surface area contributed by atoms with Crippen LogP contribution in [0.15, 0.2) is 51.2 Å². The third-order valence-electron chi connectivity index (χ3n) is 5.78. The zero-order chi connectivity index (χ0) is 31.5. The number of aliphatic hydroxyl groups is 1. The van der Waals surface area contributed by atoms with E-state index in [0.717, 1.165) is 0 Å². The predicted octanol–water partition coefficient (Wildman–Crippen LogP) is 3.56. The lowest BCUT2D eigenvalue weighted by molar-refractivity contribution is -0.145. The molecule has 2 atom stereocenters. The summed E-state index contributed by atoms with van der Waals surface area (Å²) >= 11 is 9.50. The fraction of sp³-hybridized carbons (Fsp3) is 0.357. The quantitative estimate of drug-likeness (QED) is 0.100. The number of rotatable bonds is 14. The van der Waals surface area contributed by atoms with Crippen LogP contribution >= 0.6 is 27.5 Å². The van der Waals surface area contributed by atoms with Crippen molar-refractivity contribution in [2.75, 3.05) is 33.5 Å². The highest BCUT2D eigenvalue weighted by Crippen LogP contribution is 2.35. The molecule has 0 saturated carbocycles. The van der Waals surface area contributed by atoms with Gasteiger partial charge in [0.25, 0.3) is 0 Å². The highest BCUT2D eigenvalue weighted by Gasteiger charge is 2.32. The molecule has 1 aliphatic heterocycles. The molecule has 4 N–H and O–H groups in total. The Hall–Kier alpha value is -4.01. The molecular weight excluding hydrogens is 652 g/mol. The Bertz CT molecular complexity index is 1400. The fourth-order valence-electron chi connectivity index (χ4n) is 3.98. The molecule has 43 heavy (non-hydrogen) atoms. The van der Waals surface area contributed by atoms with E-state index in [9.17, 15) is 19.5 Å². The van der Waals surface area contributed by atoms with E-state index >= 15 is 0 Å². The lowest BCUT2D eigenvalue weighted by Gasteiger charge is -2.28. The van der Waals surface area contributed by atoms with E-state index in [1.54, 1.807) is 51.1 Å². The summed E-state index contributed by atoms with van der Waals surface area (Å²) in [5.41, 5.74) is 4.15. The molecule has 232 valence electrons. The summed E-state index contributed by atoms with van der Waals surface area (Å²) in [5, 5.41) is 20.1. The molecule has 0 aromatic heterocycles. The monoisotopic (exact) mass is 682 g/mol.